The van der Waals surface area contributed by atoms with Gasteiger partial charge >= 0.3 is 0 Å². The number of rotatable bonds is 4. The molecule has 1 aromatic carbocycles. The van der Waals surface area contributed by atoms with Gasteiger partial charge in [-0.25, -0.2) is 8.42 Å². The van der Waals surface area contributed by atoms with E-state index in [2.05, 4.69) is 15.9 Å². The van der Waals surface area contributed by atoms with Crippen LogP contribution >= 0.6 is 27.5 Å². The van der Waals surface area contributed by atoms with E-state index in [0.29, 0.717) is 17.7 Å². The van der Waals surface area contributed by atoms with E-state index >= 15 is 0 Å². The number of alkyl halides is 1. The maximum atomic E-state index is 11.2. The minimum Gasteiger partial charge on any atom is -0.493 e. The van der Waals surface area contributed by atoms with Crippen molar-refractivity contribution in [3.05, 3.63) is 23.2 Å². The molecule has 0 radical (unpaired) electrons. The number of halogens is 2. The zero-order valence-corrected chi connectivity index (χ0v) is 11.2. The second-order valence-corrected chi connectivity index (χ2v) is 6.09. The Morgan fingerprint density at radius 3 is 2.60 bits per heavy atom. The van der Waals surface area contributed by atoms with Crippen LogP contribution in [0, 0.1) is 0 Å². The number of benzene rings is 1. The van der Waals surface area contributed by atoms with Gasteiger partial charge < -0.3 is 4.74 Å². The van der Waals surface area contributed by atoms with Crippen LogP contribution in [0.5, 0.6) is 5.75 Å². The van der Waals surface area contributed by atoms with Gasteiger partial charge in [-0.2, -0.15) is 0 Å². The molecule has 0 aromatic heterocycles. The minimum absolute atomic E-state index is 0.121. The zero-order valence-electron chi connectivity index (χ0n) is 8.04. The van der Waals surface area contributed by atoms with Crippen molar-refractivity contribution < 1.29 is 13.2 Å². The van der Waals surface area contributed by atoms with Crippen LogP contribution in [0.15, 0.2) is 23.1 Å². The molecule has 0 saturated carbocycles. The molecule has 15 heavy (non-hydrogen) atoms. The van der Waals surface area contributed by atoms with Crippen molar-refractivity contribution in [1.82, 2.24) is 0 Å². The maximum Gasteiger partial charge on any atom is 0.176 e. The lowest BCUT2D eigenvalue weighted by Gasteiger charge is -2.06. The molecule has 0 aliphatic heterocycles. The van der Waals surface area contributed by atoms with Gasteiger partial charge in [0.05, 0.1) is 16.5 Å². The van der Waals surface area contributed by atoms with E-state index < -0.39 is 9.84 Å². The SMILES string of the molecule is CS(=O)(=O)c1ccc(OCCBr)cc1Cl. The zero-order chi connectivity index (χ0) is 11.5. The largest absolute Gasteiger partial charge is 0.493 e. The van der Waals surface area contributed by atoms with Crippen molar-refractivity contribution in [2.45, 2.75) is 4.90 Å². The molecule has 0 aliphatic carbocycles. The average molecular weight is 314 g/mol. The smallest absolute Gasteiger partial charge is 0.176 e. The van der Waals surface area contributed by atoms with Crippen molar-refractivity contribution in [3.63, 3.8) is 0 Å². The van der Waals surface area contributed by atoms with Gasteiger partial charge in [-0.1, -0.05) is 27.5 Å². The van der Waals surface area contributed by atoms with Gasteiger partial charge in [0, 0.05) is 17.7 Å². The van der Waals surface area contributed by atoms with Crippen molar-refractivity contribution in [3.8, 4) is 5.75 Å². The highest BCUT2D eigenvalue weighted by Crippen LogP contribution is 2.26. The first kappa shape index (κ1) is 12.8. The van der Waals surface area contributed by atoms with E-state index in [9.17, 15) is 8.42 Å². The van der Waals surface area contributed by atoms with Crippen LogP contribution in [0.1, 0.15) is 0 Å². The van der Waals surface area contributed by atoms with E-state index in [0.717, 1.165) is 6.26 Å². The molecular weight excluding hydrogens is 304 g/mol. The Balaban J connectivity index is 2.99. The summed E-state index contributed by atoms with van der Waals surface area (Å²) < 4.78 is 27.8. The molecule has 84 valence electrons. The summed E-state index contributed by atoms with van der Waals surface area (Å²) in [5, 5.41) is 0.892. The van der Waals surface area contributed by atoms with Crippen LogP contribution in [-0.4, -0.2) is 26.6 Å². The van der Waals surface area contributed by atoms with Crippen LogP contribution in [0.2, 0.25) is 5.02 Å². The summed E-state index contributed by atoms with van der Waals surface area (Å²) >= 11 is 9.04. The van der Waals surface area contributed by atoms with Crippen LogP contribution in [0.4, 0.5) is 0 Å². The normalized spacial score (nSPS) is 11.4. The van der Waals surface area contributed by atoms with Crippen LogP contribution in [0.3, 0.4) is 0 Å². The third-order valence-electron chi connectivity index (χ3n) is 1.65. The summed E-state index contributed by atoms with van der Waals surface area (Å²) in [5.74, 6) is 0.562. The van der Waals surface area contributed by atoms with Gasteiger partial charge in [0.1, 0.15) is 5.75 Å². The van der Waals surface area contributed by atoms with Crippen molar-refractivity contribution in [1.29, 1.82) is 0 Å². The Hall–Kier alpha value is -0.260. The molecule has 0 heterocycles. The standard InChI is InChI=1S/C9H10BrClO3S/c1-15(12,13)9-3-2-7(6-8(9)11)14-5-4-10/h2-3,6H,4-5H2,1H3. The van der Waals surface area contributed by atoms with Gasteiger partial charge in [-0.3, -0.25) is 0 Å². The highest BCUT2D eigenvalue weighted by Gasteiger charge is 2.12. The Kier molecular flexibility index (Phi) is 4.43. The average Bonchev–Trinajstić information content (AvgIpc) is 2.12. The molecule has 1 rings (SSSR count). The topological polar surface area (TPSA) is 43.4 Å². The number of sulfone groups is 1. The third-order valence-corrected chi connectivity index (χ3v) is 3.55. The summed E-state index contributed by atoms with van der Waals surface area (Å²) in [6.07, 6.45) is 1.12. The van der Waals surface area contributed by atoms with E-state index in [-0.39, 0.29) is 9.92 Å². The Morgan fingerprint density at radius 1 is 1.47 bits per heavy atom. The molecule has 0 fully saturated rings. The fourth-order valence-corrected chi connectivity index (χ4v) is 2.51. The molecule has 0 saturated heterocycles. The summed E-state index contributed by atoms with van der Waals surface area (Å²) in [7, 11) is -3.27. The molecule has 0 bridgehead atoms. The number of ether oxygens (including phenoxy) is 1. The van der Waals surface area contributed by atoms with Crippen LogP contribution < -0.4 is 4.74 Å². The molecule has 0 amide bonds. The molecule has 3 nitrogen and oxygen atoms in total. The van der Waals surface area contributed by atoms with Gasteiger partial charge in [-0.15, -0.1) is 0 Å². The Morgan fingerprint density at radius 2 is 2.13 bits per heavy atom. The monoisotopic (exact) mass is 312 g/mol. The van der Waals surface area contributed by atoms with Gasteiger partial charge in [-0.05, 0) is 12.1 Å². The van der Waals surface area contributed by atoms with Crippen LogP contribution in [-0.2, 0) is 9.84 Å². The van der Waals surface area contributed by atoms with Gasteiger partial charge in [0.15, 0.2) is 9.84 Å². The van der Waals surface area contributed by atoms with Crippen molar-refractivity contribution >= 4 is 37.4 Å². The van der Waals surface area contributed by atoms with E-state index in [4.69, 9.17) is 16.3 Å². The van der Waals surface area contributed by atoms with Gasteiger partial charge in [0.2, 0.25) is 0 Å². The third kappa shape index (κ3) is 3.66. The molecule has 0 aliphatic rings. The molecule has 0 atom stereocenters. The predicted octanol–water partition coefficient (Wildman–Crippen LogP) is 2.52. The Labute approximate surface area is 102 Å². The summed E-state index contributed by atoms with van der Waals surface area (Å²) in [6, 6.07) is 4.53. The van der Waals surface area contributed by atoms with Gasteiger partial charge in [0.25, 0.3) is 0 Å². The molecular formula is C9H10BrClO3S. The Bertz CT molecular complexity index is 445. The summed E-state index contributed by atoms with van der Waals surface area (Å²) in [5.41, 5.74) is 0. The van der Waals surface area contributed by atoms with E-state index in [1.165, 1.54) is 12.1 Å². The highest BCUT2D eigenvalue weighted by atomic mass is 79.9. The van der Waals surface area contributed by atoms with Crippen molar-refractivity contribution in [2.24, 2.45) is 0 Å². The fraction of sp³-hybridized carbons (Fsp3) is 0.333. The first-order valence-corrected chi connectivity index (χ1v) is 7.52. The van der Waals surface area contributed by atoms with Crippen molar-refractivity contribution in [2.75, 3.05) is 18.2 Å². The lowest BCUT2D eigenvalue weighted by atomic mass is 10.3. The molecule has 6 heteroatoms. The molecule has 0 N–H and O–H groups in total. The van der Waals surface area contributed by atoms with Crippen LogP contribution in [0.25, 0.3) is 0 Å². The predicted molar refractivity (Wildman–Crippen MR) is 63.9 cm³/mol. The molecule has 0 spiro atoms. The quantitative estimate of drug-likeness (QED) is 0.802. The summed E-state index contributed by atoms with van der Waals surface area (Å²) in [4.78, 5) is 0.121. The molecule has 1 aromatic rings. The summed E-state index contributed by atoms with van der Waals surface area (Å²) in [6.45, 7) is 0.508. The maximum absolute atomic E-state index is 11.2. The fourth-order valence-electron chi connectivity index (χ4n) is 1.03. The van der Waals surface area contributed by atoms with E-state index in [1.807, 2.05) is 0 Å². The lowest BCUT2D eigenvalue weighted by Crippen LogP contribution is -2.00. The number of hydrogen-bond acceptors (Lipinski definition) is 3. The highest BCUT2D eigenvalue weighted by molar-refractivity contribution is 9.09. The first-order chi connectivity index (χ1) is 6.95. The molecule has 0 unspecified atom stereocenters. The number of hydrogen-bond donors (Lipinski definition) is 0. The second kappa shape index (κ2) is 5.18. The minimum atomic E-state index is -3.27. The second-order valence-electron chi connectivity index (χ2n) is 2.90. The lowest BCUT2D eigenvalue weighted by molar-refractivity contribution is 0.345. The van der Waals surface area contributed by atoms with E-state index in [1.54, 1.807) is 6.07 Å². The first-order valence-electron chi connectivity index (χ1n) is 4.13.